The molecule has 0 spiro atoms. The highest BCUT2D eigenvalue weighted by Gasteiger charge is 2.53. The van der Waals surface area contributed by atoms with Crippen molar-refractivity contribution in [3.05, 3.63) is 11.5 Å². The summed E-state index contributed by atoms with van der Waals surface area (Å²) in [7, 11) is 0. The monoisotopic (exact) mass is 195 g/mol. The van der Waals surface area contributed by atoms with Gasteiger partial charge in [-0.3, -0.25) is 9.69 Å². The summed E-state index contributed by atoms with van der Waals surface area (Å²) in [5.41, 5.74) is 0.979. The molecule has 0 saturated carbocycles. The van der Waals surface area contributed by atoms with Gasteiger partial charge in [-0.05, 0) is 13.8 Å². The van der Waals surface area contributed by atoms with Gasteiger partial charge in [0.1, 0.15) is 5.76 Å². The second-order valence-corrected chi connectivity index (χ2v) is 5.17. The number of fused-ring (bicyclic) bond motifs is 1. The van der Waals surface area contributed by atoms with Crippen molar-refractivity contribution in [1.29, 1.82) is 0 Å². The van der Waals surface area contributed by atoms with Gasteiger partial charge in [-0.15, -0.1) is 0 Å². The third-order valence-corrected chi connectivity index (χ3v) is 2.92. The van der Waals surface area contributed by atoms with Crippen LogP contribution in [0.4, 0.5) is 0 Å². The van der Waals surface area contributed by atoms with Crippen LogP contribution in [0, 0.1) is 11.3 Å². The zero-order valence-electron chi connectivity index (χ0n) is 9.42. The maximum atomic E-state index is 11.5. The Morgan fingerprint density at radius 3 is 2.36 bits per heavy atom. The quantitative estimate of drug-likeness (QED) is 0.554. The van der Waals surface area contributed by atoms with Crippen LogP contribution in [0.1, 0.15) is 34.6 Å². The third kappa shape index (κ3) is 1.01. The van der Waals surface area contributed by atoms with E-state index in [1.165, 1.54) is 0 Å². The molecule has 78 valence electrons. The van der Waals surface area contributed by atoms with Crippen LogP contribution in [0.15, 0.2) is 11.5 Å². The fourth-order valence-corrected chi connectivity index (χ4v) is 2.15. The van der Waals surface area contributed by atoms with Gasteiger partial charge in [-0.2, -0.15) is 0 Å². The number of amides is 1. The number of carbonyl (C=O) groups excluding carboxylic acids is 1. The molecule has 2 atom stereocenters. The molecule has 3 heteroatoms. The first-order valence-electron chi connectivity index (χ1n) is 5.05. The summed E-state index contributed by atoms with van der Waals surface area (Å²) >= 11 is 0. The zero-order valence-corrected chi connectivity index (χ0v) is 9.42. The highest BCUT2D eigenvalue weighted by atomic mass is 16.5. The van der Waals surface area contributed by atoms with Crippen LogP contribution in [0.25, 0.3) is 0 Å². The molecule has 1 saturated heterocycles. The average molecular weight is 195 g/mol. The third-order valence-electron chi connectivity index (χ3n) is 2.92. The van der Waals surface area contributed by atoms with E-state index in [4.69, 9.17) is 4.74 Å². The lowest BCUT2D eigenvalue weighted by molar-refractivity contribution is -0.168. The molecule has 3 nitrogen and oxygen atoms in total. The lowest BCUT2D eigenvalue weighted by Crippen LogP contribution is -2.56. The van der Waals surface area contributed by atoms with Gasteiger partial charge in [0.2, 0.25) is 5.91 Å². The van der Waals surface area contributed by atoms with Gasteiger partial charge >= 0.3 is 0 Å². The lowest BCUT2D eigenvalue weighted by atomic mass is 9.92. The predicted molar refractivity (Wildman–Crippen MR) is 53.0 cm³/mol. The first-order chi connectivity index (χ1) is 6.34. The normalized spacial score (nSPS) is 31.5. The summed E-state index contributed by atoms with van der Waals surface area (Å²) in [4.78, 5) is 13.3. The molecule has 1 unspecified atom stereocenters. The van der Waals surface area contributed by atoms with Gasteiger partial charge < -0.3 is 4.74 Å². The number of allylic oxidation sites excluding steroid dienone is 2. The van der Waals surface area contributed by atoms with Gasteiger partial charge in [0, 0.05) is 5.41 Å². The van der Waals surface area contributed by atoms with E-state index in [1.54, 1.807) is 4.90 Å². The van der Waals surface area contributed by atoms with E-state index in [0.29, 0.717) is 0 Å². The fourth-order valence-electron chi connectivity index (χ4n) is 2.15. The van der Waals surface area contributed by atoms with Crippen LogP contribution in [-0.2, 0) is 9.53 Å². The number of rotatable bonds is 0. The zero-order chi connectivity index (χ0) is 10.7. The highest BCUT2D eigenvalue weighted by molar-refractivity contribution is 5.87. The van der Waals surface area contributed by atoms with Crippen molar-refractivity contribution < 1.29 is 9.53 Å². The Morgan fingerprint density at radius 1 is 1.36 bits per heavy atom. The van der Waals surface area contributed by atoms with Crippen LogP contribution in [0.2, 0.25) is 0 Å². The van der Waals surface area contributed by atoms with Crippen LogP contribution >= 0.6 is 0 Å². The van der Waals surface area contributed by atoms with Crippen LogP contribution in [-0.4, -0.2) is 17.0 Å². The molecular formula is C11H17NO2. The predicted octanol–water partition coefficient (Wildman–Crippen LogP) is 2.10. The van der Waals surface area contributed by atoms with E-state index in [2.05, 4.69) is 20.8 Å². The molecule has 0 radical (unpaired) electrons. The molecule has 2 heterocycles. The second kappa shape index (κ2) is 2.53. The maximum Gasteiger partial charge on any atom is 0.238 e. The van der Waals surface area contributed by atoms with E-state index in [0.717, 1.165) is 11.5 Å². The second-order valence-electron chi connectivity index (χ2n) is 5.17. The number of nitrogens with zero attached hydrogens (tertiary/aromatic N) is 1. The van der Waals surface area contributed by atoms with Crippen molar-refractivity contribution >= 4 is 5.91 Å². The summed E-state index contributed by atoms with van der Waals surface area (Å²) in [6.07, 6.45) is -0.0308. The Balaban J connectivity index is 2.31. The average Bonchev–Trinajstić information content (AvgIpc) is 2.38. The van der Waals surface area contributed by atoms with Crippen molar-refractivity contribution in [3.8, 4) is 0 Å². The first-order valence-corrected chi connectivity index (χ1v) is 5.05. The van der Waals surface area contributed by atoms with Crippen molar-refractivity contribution in [2.75, 3.05) is 0 Å². The number of hydrogen-bond acceptors (Lipinski definition) is 2. The molecule has 1 fully saturated rings. The standard InChI is InChI=1S/C11H17NO2/c1-6-9(13)12-7(2)8(11(3,4)5)14-10(6)12/h6,10H,1-5H3/t6?,10-/m0/s1. The van der Waals surface area contributed by atoms with Crippen molar-refractivity contribution in [1.82, 2.24) is 4.90 Å². The maximum absolute atomic E-state index is 11.5. The largest absolute Gasteiger partial charge is 0.471 e. The topological polar surface area (TPSA) is 29.5 Å². The minimum atomic E-state index is -0.0308. The van der Waals surface area contributed by atoms with E-state index < -0.39 is 0 Å². The van der Waals surface area contributed by atoms with Gasteiger partial charge in [-0.25, -0.2) is 0 Å². The van der Waals surface area contributed by atoms with Crippen LogP contribution in [0.5, 0.6) is 0 Å². The summed E-state index contributed by atoms with van der Waals surface area (Å²) in [5.74, 6) is 1.16. The van der Waals surface area contributed by atoms with Gasteiger partial charge in [0.15, 0.2) is 6.23 Å². The van der Waals surface area contributed by atoms with Crippen LogP contribution < -0.4 is 0 Å². The number of hydrogen-bond donors (Lipinski definition) is 0. The molecule has 0 aromatic heterocycles. The molecule has 2 rings (SSSR count). The Hall–Kier alpha value is -0.990. The van der Waals surface area contributed by atoms with Crippen molar-refractivity contribution in [3.63, 3.8) is 0 Å². The van der Waals surface area contributed by atoms with Gasteiger partial charge in [0.05, 0.1) is 11.6 Å². The SMILES string of the molecule is CC1=C(C(C)(C)C)O[C@H]2C(C)C(=O)N12. The number of ether oxygens (including phenoxy) is 1. The number of carbonyl (C=O) groups is 1. The Kier molecular flexibility index (Phi) is 1.72. The molecule has 14 heavy (non-hydrogen) atoms. The smallest absolute Gasteiger partial charge is 0.238 e. The van der Waals surface area contributed by atoms with E-state index in [9.17, 15) is 4.79 Å². The Bertz CT molecular complexity index is 325. The van der Waals surface area contributed by atoms with Crippen molar-refractivity contribution in [2.24, 2.45) is 11.3 Å². The Morgan fingerprint density at radius 2 is 1.93 bits per heavy atom. The summed E-state index contributed by atoms with van der Waals surface area (Å²) in [6, 6.07) is 0. The fraction of sp³-hybridized carbons (Fsp3) is 0.727. The molecule has 2 aliphatic heterocycles. The summed E-state index contributed by atoms with van der Waals surface area (Å²) in [6.45, 7) is 10.2. The molecule has 2 aliphatic rings. The van der Waals surface area contributed by atoms with E-state index >= 15 is 0 Å². The summed E-state index contributed by atoms with van der Waals surface area (Å²) < 4.78 is 5.80. The number of β-lactam (4-membered cyclic amide) rings is 1. The minimum absolute atomic E-state index is 0.0125. The van der Waals surface area contributed by atoms with E-state index in [1.807, 2.05) is 13.8 Å². The van der Waals surface area contributed by atoms with Gasteiger partial charge in [-0.1, -0.05) is 20.8 Å². The van der Waals surface area contributed by atoms with Crippen molar-refractivity contribution in [2.45, 2.75) is 40.8 Å². The highest BCUT2D eigenvalue weighted by Crippen LogP contribution is 2.45. The minimum Gasteiger partial charge on any atom is -0.471 e. The van der Waals surface area contributed by atoms with Crippen LogP contribution in [0.3, 0.4) is 0 Å². The molecule has 0 aromatic carbocycles. The molecule has 0 bridgehead atoms. The molecule has 1 amide bonds. The first kappa shape index (κ1) is 9.56. The Labute approximate surface area is 84.7 Å². The lowest BCUT2D eigenvalue weighted by Gasteiger charge is -2.39. The van der Waals surface area contributed by atoms with Gasteiger partial charge in [0.25, 0.3) is 0 Å². The van der Waals surface area contributed by atoms with E-state index in [-0.39, 0.29) is 23.5 Å². The summed E-state index contributed by atoms with van der Waals surface area (Å²) in [5, 5.41) is 0. The molecule has 0 aromatic rings. The molecule has 0 N–H and O–H groups in total. The molecule has 0 aliphatic carbocycles. The molecular weight excluding hydrogens is 178 g/mol.